The predicted octanol–water partition coefficient (Wildman–Crippen LogP) is 3.52. The summed E-state index contributed by atoms with van der Waals surface area (Å²) in [5.41, 5.74) is 0.943. The maximum absolute atomic E-state index is 11.0. The molecule has 0 heterocycles. The Morgan fingerprint density at radius 3 is 2.63 bits per heavy atom. The first-order chi connectivity index (χ1) is 8.86. The van der Waals surface area contributed by atoms with Crippen molar-refractivity contribution in [3.05, 3.63) is 26.6 Å². The second kappa shape index (κ2) is 7.26. The summed E-state index contributed by atoms with van der Waals surface area (Å²) in [7, 11) is 1.78. The lowest BCUT2D eigenvalue weighted by Gasteiger charge is -2.23. The van der Waals surface area contributed by atoms with E-state index >= 15 is 0 Å². The van der Waals surface area contributed by atoms with Crippen molar-refractivity contribution < 1.29 is 14.6 Å². The zero-order chi connectivity index (χ0) is 14.6. The third-order valence-electron chi connectivity index (χ3n) is 2.81. The molecule has 0 saturated heterocycles. The highest BCUT2D eigenvalue weighted by molar-refractivity contribution is 9.11. The summed E-state index contributed by atoms with van der Waals surface area (Å²) in [6, 6.07) is 3.31. The van der Waals surface area contributed by atoms with Crippen LogP contribution in [0.15, 0.2) is 21.1 Å². The van der Waals surface area contributed by atoms with E-state index in [1.165, 1.54) is 0 Å². The summed E-state index contributed by atoms with van der Waals surface area (Å²) < 4.78 is 7.40. The Kier molecular flexibility index (Phi) is 6.29. The van der Waals surface area contributed by atoms with E-state index in [1.54, 1.807) is 18.9 Å². The minimum absolute atomic E-state index is 0.501. The molecular formula is C13H17Br2NO3. The molecular weight excluding hydrogens is 378 g/mol. The number of benzene rings is 1. The molecule has 4 nitrogen and oxygen atoms in total. The Morgan fingerprint density at radius 2 is 2.11 bits per heavy atom. The zero-order valence-corrected chi connectivity index (χ0v) is 14.3. The summed E-state index contributed by atoms with van der Waals surface area (Å²) in [6.07, 6.45) is 0. The van der Waals surface area contributed by atoms with Gasteiger partial charge >= 0.3 is 5.97 Å². The van der Waals surface area contributed by atoms with Crippen LogP contribution in [0.25, 0.3) is 0 Å². The third kappa shape index (κ3) is 4.47. The highest BCUT2D eigenvalue weighted by Gasteiger charge is 2.19. The van der Waals surface area contributed by atoms with E-state index in [2.05, 4.69) is 31.9 Å². The Hall–Kier alpha value is -0.590. The van der Waals surface area contributed by atoms with Gasteiger partial charge in [-0.05, 0) is 49.0 Å². The first-order valence-electron chi connectivity index (χ1n) is 5.90. The molecule has 0 bridgehead atoms. The van der Waals surface area contributed by atoms with Crippen LogP contribution in [0.2, 0.25) is 0 Å². The van der Waals surface area contributed by atoms with Crippen LogP contribution < -0.4 is 4.74 Å². The number of hydrogen-bond acceptors (Lipinski definition) is 3. The molecule has 0 spiro atoms. The van der Waals surface area contributed by atoms with E-state index in [0.29, 0.717) is 13.2 Å². The largest absolute Gasteiger partial charge is 0.492 e. The van der Waals surface area contributed by atoms with Gasteiger partial charge in [-0.2, -0.15) is 0 Å². The summed E-state index contributed by atoms with van der Waals surface area (Å²) in [5.74, 6) is -0.0790. The van der Waals surface area contributed by atoms with Gasteiger partial charge in [0.05, 0.1) is 11.1 Å². The molecule has 106 valence electrons. The number of carboxylic acid groups (broad SMARTS) is 1. The minimum Gasteiger partial charge on any atom is -0.492 e. The third-order valence-corrected chi connectivity index (χ3v) is 3.86. The molecule has 0 amide bonds. The van der Waals surface area contributed by atoms with Crippen LogP contribution in [0.1, 0.15) is 19.4 Å². The van der Waals surface area contributed by atoms with Gasteiger partial charge in [0.1, 0.15) is 11.8 Å². The Morgan fingerprint density at radius 1 is 1.47 bits per heavy atom. The van der Waals surface area contributed by atoms with Crippen LogP contribution in [0.4, 0.5) is 0 Å². The number of aliphatic carboxylic acids is 1. The minimum atomic E-state index is -0.838. The molecule has 0 aromatic heterocycles. The maximum Gasteiger partial charge on any atom is 0.320 e. The topological polar surface area (TPSA) is 49.8 Å². The second-order valence-electron chi connectivity index (χ2n) is 4.24. The van der Waals surface area contributed by atoms with Crippen molar-refractivity contribution in [2.75, 3.05) is 13.7 Å². The standard InChI is InChI=1S/C13H17Br2NO3/c1-4-19-12-9(5-10(14)6-11(12)15)7-16(3)8(2)13(17)18/h5-6,8H,4,7H2,1-3H3,(H,17,18). The molecule has 19 heavy (non-hydrogen) atoms. The van der Waals surface area contributed by atoms with Crippen molar-refractivity contribution in [3.8, 4) is 5.75 Å². The fourth-order valence-electron chi connectivity index (χ4n) is 1.63. The summed E-state index contributed by atoms with van der Waals surface area (Å²) >= 11 is 6.90. The van der Waals surface area contributed by atoms with Crippen LogP contribution in [-0.4, -0.2) is 35.7 Å². The predicted molar refractivity (Wildman–Crippen MR) is 81.6 cm³/mol. The second-order valence-corrected chi connectivity index (χ2v) is 6.01. The highest BCUT2D eigenvalue weighted by atomic mass is 79.9. The molecule has 0 aliphatic heterocycles. The normalized spacial score (nSPS) is 12.5. The molecule has 6 heteroatoms. The van der Waals surface area contributed by atoms with Crippen LogP contribution in [-0.2, 0) is 11.3 Å². The van der Waals surface area contributed by atoms with E-state index in [4.69, 9.17) is 9.84 Å². The molecule has 1 aromatic carbocycles. The van der Waals surface area contributed by atoms with Gasteiger partial charge in [0.25, 0.3) is 0 Å². The number of rotatable bonds is 6. The first kappa shape index (κ1) is 16.5. The van der Waals surface area contributed by atoms with Crippen molar-refractivity contribution in [2.24, 2.45) is 0 Å². The van der Waals surface area contributed by atoms with Crippen molar-refractivity contribution in [3.63, 3.8) is 0 Å². The van der Waals surface area contributed by atoms with E-state index in [1.807, 2.05) is 19.1 Å². The number of carbonyl (C=O) groups is 1. The van der Waals surface area contributed by atoms with Crippen molar-refractivity contribution >= 4 is 37.8 Å². The van der Waals surface area contributed by atoms with E-state index < -0.39 is 12.0 Å². The Labute approximate surface area is 130 Å². The molecule has 0 saturated carbocycles. The van der Waals surface area contributed by atoms with E-state index in [-0.39, 0.29) is 0 Å². The lowest BCUT2D eigenvalue weighted by molar-refractivity contribution is -0.142. The average Bonchev–Trinajstić information content (AvgIpc) is 2.32. The number of likely N-dealkylation sites (N-methyl/N-ethyl adjacent to an activating group) is 1. The number of hydrogen-bond donors (Lipinski definition) is 1. The van der Waals surface area contributed by atoms with Gasteiger partial charge < -0.3 is 9.84 Å². The molecule has 1 atom stereocenters. The van der Waals surface area contributed by atoms with Gasteiger partial charge in [-0.1, -0.05) is 15.9 Å². The van der Waals surface area contributed by atoms with Crippen LogP contribution in [0.3, 0.4) is 0 Å². The average molecular weight is 395 g/mol. The SMILES string of the molecule is CCOc1c(Br)cc(Br)cc1CN(C)C(C)C(=O)O. The van der Waals surface area contributed by atoms with Crippen molar-refractivity contribution in [1.82, 2.24) is 4.90 Å². The molecule has 0 aliphatic carbocycles. The van der Waals surface area contributed by atoms with Crippen molar-refractivity contribution in [1.29, 1.82) is 0 Å². The highest BCUT2D eigenvalue weighted by Crippen LogP contribution is 2.33. The van der Waals surface area contributed by atoms with Gasteiger partial charge in [0.2, 0.25) is 0 Å². The number of ether oxygens (including phenoxy) is 1. The van der Waals surface area contributed by atoms with Crippen LogP contribution in [0, 0.1) is 0 Å². The molecule has 0 aliphatic rings. The van der Waals surface area contributed by atoms with Gasteiger partial charge in [-0.3, -0.25) is 9.69 Å². The zero-order valence-electron chi connectivity index (χ0n) is 11.1. The van der Waals surface area contributed by atoms with Gasteiger partial charge in [0, 0.05) is 16.6 Å². The van der Waals surface area contributed by atoms with E-state index in [9.17, 15) is 4.79 Å². The summed E-state index contributed by atoms with van der Waals surface area (Å²) in [6.45, 7) is 4.64. The summed E-state index contributed by atoms with van der Waals surface area (Å²) in [5, 5.41) is 9.02. The monoisotopic (exact) mass is 393 g/mol. The van der Waals surface area contributed by atoms with Gasteiger partial charge in [0.15, 0.2) is 0 Å². The van der Waals surface area contributed by atoms with Crippen molar-refractivity contribution in [2.45, 2.75) is 26.4 Å². The van der Waals surface area contributed by atoms with Gasteiger partial charge in [-0.15, -0.1) is 0 Å². The van der Waals surface area contributed by atoms with Crippen LogP contribution in [0.5, 0.6) is 5.75 Å². The molecule has 0 fully saturated rings. The first-order valence-corrected chi connectivity index (χ1v) is 7.49. The number of nitrogens with zero attached hydrogens (tertiary/aromatic N) is 1. The Balaban J connectivity index is 3.02. The fourth-order valence-corrected chi connectivity index (χ4v) is 3.06. The quantitative estimate of drug-likeness (QED) is 0.801. The number of halogens is 2. The molecule has 1 rings (SSSR count). The smallest absolute Gasteiger partial charge is 0.320 e. The summed E-state index contributed by atoms with van der Waals surface area (Å²) in [4.78, 5) is 12.7. The lowest BCUT2D eigenvalue weighted by atomic mass is 10.1. The van der Waals surface area contributed by atoms with Crippen LogP contribution >= 0.6 is 31.9 Å². The molecule has 0 radical (unpaired) electrons. The molecule has 1 N–H and O–H groups in total. The van der Waals surface area contributed by atoms with Gasteiger partial charge in [-0.25, -0.2) is 0 Å². The number of carboxylic acids is 1. The Bertz CT molecular complexity index is 465. The fraction of sp³-hybridized carbons (Fsp3) is 0.462. The maximum atomic E-state index is 11.0. The molecule has 1 aromatic rings. The van der Waals surface area contributed by atoms with E-state index in [0.717, 1.165) is 20.3 Å². The molecule has 1 unspecified atom stereocenters. The lowest BCUT2D eigenvalue weighted by Crippen LogP contribution is -2.35.